The maximum absolute atomic E-state index is 8.67. The zero-order valence-corrected chi connectivity index (χ0v) is 7.67. The van der Waals surface area contributed by atoms with Crippen LogP contribution >= 0.6 is 11.6 Å². The molecule has 1 saturated carbocycles. The second-order valence-electron chi connectivity index (χ2n) is 3.06. The average molecular weight is 194 g/mol. The normalized spacial score (nSPS) is 15.1. The van der Waals surface area contributed by atoms with E-state index in [9.17, 15) is 0 Å². The molecule has 0 bridgehead atoms. The highest BCUT2D eigenvalue weighted by molar-refractivity contribution is 6.31. The Kier molecular flexibility index (Phi) is 2.07. The summed E-state index contributed by atoms with van der Waals surface area (Å²) in [7, 11) is 0. The van der Waals surface area contributed by atoms with Gasteiger partial charge in [-0.15, -0.1) is 0 Å². The van der Waals surface area contributed by atoms with Gasteiger partial charge in [-0.2, -0.15) is 5.26 Å². The van der Waals surface area contributed by atoms with Gasteiger partial charge in [0.1, 0.15) is 11.9 Å². The van der Waals surface area contributed by atoms with Crippen molar-refractivity contribution in [2.24, 2.45) is 0 Å². The minimum absolute atomic E-state index is 0.285. The van der Waals surface area contributed by atoms with Crippen molar-refractivity contribution < 1.29 is 0 Å². The lowest BCUT2D eigenvalue weighted by atomic mass is 10.3. The molecule has 1 aliphatic rings. The first-order chi connectivity index (χ1) is 6.29. The highest BCUT2D eigenvalue weighted by Crippen LogP contribution is 2.24. The van der Waals surface area contributed by atoms with Crippen LogP contribution in [0.3, 0.4) is 0 Å². The topological polar surface area (TPSA) is 48.7 Å². The van der Waals surface area contributed by atoms with E-state index in [2.05, 4.69) is 10.3 Å². The first-order valence-corrected chi connectivity index (χ1v) is 4.50. The second-order valence-corrected chi connectivity index (χ2v) is 3.46. The Morgan fingerprint density at radius 2 is 2.31 bits per heavy atom. The van der Waals surface area contributed by atoms with E-state index in [-0.39, 0.29) is 5.69 Å². The summed E-state index contributed by atoms with van der Waals surface area (Å²) in [5.74, 6) is 0.739. The largest absolute Gasteiger partial charge is 0.367 e. The maximum atomic E-state index is 8.67. The van der Waals surface area contributed by atoms with Crippen LogP contribution in [0.15, 0.2) is 12.1 Å². The Bertz CT molecular complexity index is 366. The van der Waals surface area contributed by atoms with E-state index in [4.69, 9.17) is 16.9 Å². The molecule has 0 spiro atoms. The standard InChI is InChI=1S/C9H8ClN3/c10-7-3-4-9(12-6-1-2-6)13-8(7)5-11/h3-4,6H,1-2H2,(H,12,13). The van der Waals surface area contributed by atoms with Crippen molar-refractivity contribution in [3.8, 4) is 6.07 Å². The summed E-state index contributed by atoms with van der Waals surface area (Å²) < 4.78 is 0. The molecule has 66 valence electrons. The molecule has 0 aliphatic heterocycles. The zero-order chi connectivity index (χ0) is 9.26. The highest BCUT2D eigenvalue weighted by Gasteiger charge is 2.21. The van der Waals surface area contributed by atoms with E-state index in [1.54, 1.807) is 12.1 Å². The van der Waals surface area contributed by atoms with Crippen molar-refractivity contribution in [3.05, 3.63) is 22.8 Å². The van der Waals surface area contributed by atoms with Crippen LogP contribution in [0, 0.1) is 11.3 Å². The molecule has 1 heterocycles. The molecule has 13 heavy (non-hydrogen) atoms. The molecular weight excluding hydrogens is 186 g/mol. The lowest BCUT2D eigenvalue weighted by Gasteiger charge is -2.03. The Morgan fingerprint density at radius 1 is 1.54 bits per heavy atom. The Labute approximate surface area is 81.4 Å². The predicted molar refractivity (Wildman–Crippen MR) is 50.6 cm³/mol. The molecule has 1 aromatic heterocycles. The van der Waals surface area contributed by atoms with Gasteiger partial charge < -0.3 is 5.32 Å². The number of aromatic nitrogens is 1. The van der Waals surface area contributed by atoms with Crippen LogP contribution in [0.2, 0.25) is 5.02 Å². The monoisotopic (exact) mass is 193 g/mol. The van der Waals surface area contributed by atoms with E-state index < -0.39 is 0 Å². The van der Waals surface area contributed by atoms with Crippen LogP contribution in [0.4, 0.5) is 5.82 Å². The molecule has 0 aromatic carbocycles. The minimum atomic E-state index is 0.285. The third-order valence-electron chi connectivity index (χ3n) is 1.88. The lowest BCUT2D eigenvalue weighted by molar-refractivity contribution is 1.10. The van der Waals surface area contributed by atoms with Crippen LogP contribution in [-0.4, -0.2) is 11.0 Å². The summed E-state index contributed by atoms with van der Waals surface area (Å²) in [5, 5.41) is 12.3. The van der Waals surface area contributed by atoms with Gasteiger partial charge in [0.15, 0.2) is 5.69 Å². The van der Waals surface area contributed by atoms with Gasteiger partial charge in [0.2, 0.25) is 0 Å². The maximum Gasteiger partial charge on any atom is 0.161 e. The van der Waals surface area contributed by atoms with Gasteiger partial charge in [0.05, 0.1) is 5.02 Å². The number of hydrogen-bond acceptors (Lipinski definition) is 3. The van der Waals surface area contributed by atoms with Crippen LogP contribution in [0.25, 0.3) is 0 Å². The Balaban J connectivity index is 2.22. The van der Waals surface area contributed by atoms with E-state index in [1.807, 2.05) is 6.07 Å². The molecule has 1 aliphatic carbocycles. The quantitative estimate of drug-likeness (QED) is 0.783. The number of anilines is 1. The van der Waals surface area contributed by atoms with Crippen LogP contribution in [0.1, 0.15) is 18.5 Å². The lowest BCUT2D eigenvalue weighted by Crippen LogP contribution is -2.03. The molecule has 1 fully saturated rings. The average Bonchev–Trinajstić information content (AvgIpc) is 2.92. The number of pyridine rings is 1. The first-order valence-electron chi connectivity index (χ1n) is 4.13. The number of nitriles is 1. The zero-order valence-electron chi connectivity index (χ0n) is 6.92. The fourth-order valence-corrected chi connectivity index (χ4v) is 1.19. The third kappa shape index (κ3) is 1.90. The SMILES string of the molecule is N#Cc1nc(NC2CC2)ccc1Cl. The van der Waals surface area contributed by atoms with Gasteiger partial charge in [0.25, 0.3) is 0 Å². The van der Waals surface area contributed by atoms with Gasteiger partial charge in [0, 0.05) is 6.04 Å². The molecule has 0 radical (unpaired) electrons. The number of nitrogens with zero attached hydrogens (tertiary/aromatic N) is 2. The minimum Gasteiger partial charge on any atom is -0.367 e. The Hall–Kier alpha value is -1.27. The van der Waals surface area contributed by atoms with Crippen LogP contribution < -0.4 is 5.32 Å². The van der Waals surface area contributed by atoms with Gasteiger partial charge in [-0.1, -0.05) is 11.6 Å². The molecule has 1 aromatic rings. The van der Waals surface area contributed by atoms with E-state index in [1.165, 1.54) is 12.8 Å². The van der Waals surface area contributed by atoms with Crippen LogP contribution in [0.5, 0.6) is 0 Å². The molecule has 2 rings (SSSR count). The van der Waals surface area contributed by atoms with Crippen molar-refractivity contribution in [1.82, 2.24) is 4.98 Å². The first kappa shape index (κ1) is 8.33. The molecule has 0 unspecified atom stereocenters. The van der Waals surface area contributed by atoms with E-state index in [0.717, 1.165) is 5.82 Å². The van der Waals surface area contributed by atoms with Gasteiger partial charge in [-0.25, -0.2) is 4.98 Å². The van der Waals surface area contributed by atoms with Gasteiger partial charge in [-0.3, -0.25) is 0 Å². The highest BCUT2D eigenvalue weighted by atomic mass is 35.5. The molecular formula is C9H8ClN3. The van der Waals surface area contributed by atoms with Crippen molar-refractivity contribution in [3.63, 3.8) is 0 Å². The summed E-state index contributed by atoms with van der Waals surface area (Å²) in [6, 6.07) is 5.97. The smallest absolute Gasteiger partial charge is 0.161 e. The molecule has 0 amide bonds. The van der Waals surface area contributed by atoms with Crippen molar-refractivity contribution >= 4 is 17.4 Å². The summed E-state index contributed by atoms with van der Waals surface area (Å²) in [6.45, 7) is 0. The number of halogens is 1. The van der Waals surface area contributed by atoms with E-state index >= 15 is 0 Å². The number of nitrogens with one attached hydrogen (secondary N) is 1. The predicted octanol–water partition coefficient (Wildman–Crippen LogP) is 2.18. The van der Waals surface area contributed by atoms with Crippen molar-refractivity contribution in [2.45, 2.75) is 18.9 Å². The fraction of sp³-hybridized carbons (Fsp3) is 0.333. The number of rotatable bonds is 2. The summed E-state index contributed by atoms with van der Waals surface area (Å²) in [5.41, 5.74) is 0.285. The molecule has 4 heteroatoms. The summed E-state index contributed by atoms with van der Waals surface area (Å²) >= 11 is 5.74. The fourth-order valence-electron chi connectivity index (χ4n) is 1.04. The summed E-state index contributed by atoms with van der Waals surface area (Å²) in [4.78, 5) is 4.07. The van der Waals surface area contributed by atoms with Crippen LogP contribution in [-0.2, 0) is 0 Å². The molecule has 0 atom stereocenters. The van der Waals surface area contributed by atoms with Gasteiger partial charge in [-0.05, 0) is 25.0 Å². The van der Waals surface area contributed by atoms with Crippen molar-refractivity contribution in [2.75, 3.05) is 5.32 Å². The number of hydrogen-bond donors (Lipinski definition) is 1. The second kappa shape index (κ2) is 3.23. The van der Waals surface area contributed by atoms with Crippen molar-refractivity contribution in [1.29, 1.82) is 5.26 Å². The Morgan fingerprint density at radius 3 is 2.92 bits per heavy atom. The molecule has 1 N–H and O–H groups in total. The molecule has 0 saturated heterocycles. The summed E-state index contributed by atoms with van der Waals surface area (Å²) in [6.07, 6.45) is 2.37. The van der Waals surface area contributed by atoms with E-state index in [0.29, 0.717) is 11.1 Å². The van der Waals surface area contributed by atoms with Gasteiger partial charge >= 0.3 is 0 Å². The third-order valence-corrected chi connectivity index (χ3v) is 2.19. The molecule has 3 nitrogen and oxygen atoms in total.